The van der Waals surface area contributed by atoms with Crippen molar-refractivity contribution in [1.82, 2.24) is 0 Å². The molecule has 0 heterocycles. The molecule has 0 fully saturated rings. The van der Waals surface area contributed by atoms with Gasteiger partial charge in [0.05, 0.1) is 0 Å². The van der Waals surface area contributed by atoms with Crippen LogP contribution >= 0.6 is 0 Å². The molecule has 0 saturated carbocycles. The maximum atomic E-state index is 6.17. The Bertz CT molecular complexity index is 599. The van der Waals surface area contributed by atoms with Crippen LogP contribution in [0.1, 0.15) is 51.3 Å². The van der Waals surface area contributed by atoms with Gasteiger partial charge in [0, 0.05) is 11.6 Å². The molecule has 112 valence electrons. The van der Waals surface area contributed by atoms with Crippen molar-refractivity contribution in [3.8, 4) is 11.5 Å². The second-order valence-electron chi connectivity index (χ2n) is 6.43. The third-order valence-corrected chi connectivity index (χ3v) is 3.69. The second-order valence-corrected chi connectivity index (χ2v) is 6.43. The van der Waals surface area contributed by atoms with Crippen LogP contribution in [0.15, 0.2) is 48.5 Å². The lowest BCUT2D eigenvalue weighted by Crippen LogP contribution is -2.11. The number of para-hydroxylation sites is 1. The number of nitrogens with two attached hydrogens (primary N) is 1. The lowest BCUT2D eigenvalue weighted by molar-refractivity contribution is 0.465. The molecule has 1 atom stereocenters. The van der Waals surface area contributed by atoms with E-state index >= 15 is 0 Å². The number of hydrogen-bond acceptors (Lipinski definition) is 2. The lowest BCUT2D eigenvalue weighted by Gasteiger charge is -2.20. The monoisotopic (exact) mass is 283 g/mol. The number of hydrogen-bond donors (Lipinski definition) is 1. The van der Waals surface area contributed by atoms with Gasteiger partial charge in [-0.15, -0.1) is 0 Å². The largest absolute Gasteiger partial charge is 0.457 e. The van der Waals surface area contributed by atoms with Crippen LogP contribution in [0.4, 0.5) is 0 Å². The van der Waals surface area contributed by atoms with Gasteiger partial charge in [0.2, 0.25) is 0 Å². The second kappa shape index (κ2) is 6.31. The van der Waals surface area contributed by atoms with E-state index < -0.39 is 0 Å². The highest BCUT2D eigenvalue weighted by Crippen LogP contribution is 2.32. The van der Waals surface area contributed by atoms with Crippen LogP contribution in [0.25, 0.3) is 0 Å². The van der Waals surface area contributed by atoms with E-state index in [9.17, 15) is 0 Å². The average molecular weight is 283 g/mol. The van der Waals surface area contributed by atoms with Crippen LogP contribution < -0.4 is 10.5 Å². The fraction of sp³-hybridized carbons (Fsp3) is 0.368. The van der Waals surface area contributed by atoms with E-state index in [0.29, 0.717) is 0 Å². The van der Waals surface area contributed by atoms with Crippen LogP contribution in [0, 0.1) is 0 Å². The molecular weight excluding hydrogens is 258 g/mol. The lowest BCUT2D eigenvalue weighted by atomic mass is 9.87. The van der Waals surface area contributed by atoms with Gasteiger partial charge in [-0.2, -0.15) is 0 Å². The molecule has 0 aliphatic carbocycles. The zero-order chi connectivity index (χ0) is 15.5. The van der Waals surface area contributed by atoms with Gasteiger partial charge in [0.1, 0.15) is 11.5 Å². The molecule has 2 rings (SSSR count). The molecule has 1 unspecified atom stereocenters. The van der Waals surface area contributed by atoms with Crippen molar-refractivity contribution in [3.05, 3.63) is 59.7 Å². The Hall–Kier alpha value is -1.80. The van der Waals surface area contributed by atoms with Crippen LogP contribution in [-0.2, 0) is 5.41 Å². The van der Waals surface area contributed by atoms with Crippen LogP contribution in [0.3, 0.4) is 0 Å². The summed E-state index contributed by atoms with van der Waals surface area (Å²) in [6, 6.07) is 16.3. The molecule has 2 nitrogen and oxygen atoms in total. The molecule has 0 aliphatic heterocycles. The topological polar surface area (TPSA) is 35.2 Å². The highest BCUT2D eigenvalue weighted by molar-refractivity contribution is 5.41. The molecule has 2 N–H and O–H groups in total. The van der Waals surface area contributed by atoms with E-state index in [1.807, 2.05) is 36.4 Å². The molecule has 0 aromatic heterocycles. The van der Waals surface area contributed by atoms with Gasteiger partial charge in [-0.1, -0.05) is 58.0 Å². The van der Waals surface area contributed by atoms with Gasteiger partial charge in [0.25, 0.3) is 0 Å². The summed E-state index contributed by atoms with van der Waals surface area (Å²) in [5.41, 5.74) is 8.60. The van der Waals surface area contributed by atoms with Crippen molar-refractivity contribution >= 4 is 0 Å². The van der Waals surface area contributed by atoms with Crippen molar-refractivity contribution in [1.29, 1.82) is 0 Å². The smallest absolute Gasteiger partial charge is 0.132 e. The maximum Gasteiger partial charge on any atom is 0.132 e. The molecule has 0 bridgehead atoms. The summed E-state index contributed by atoms with van der Waals surface area (Å²) in [7, 11) is 0. The van der Waals surface area contributed by atoms with Gasteiger partial charge >= 0.3 is 0 Å². The van der Waals surface area contributed by atoms with Gasteiger partial charge in [-0.3, -0.25) is 0 Å². The summed E-state index contributed by atoms with van der Waals surface area (Å²) >= 11 is 0. The first-order valence-electron chi connectivity index (χ1n) is 7.54. The number of benzene rings is 2. The zero-order valence-corrected chi connectivity index (χ0v) is 13.4. The van der Waals surface area contributed by atoms with Gasteiger partial charge in [-0.25, -0.2) is 0 Å². The Balaban J connectivity index is 2.31. The Labute approximate surface area is 127 Å². The minimum absolute atomic E-state index is 0.00648. The van der Waals surface area contributed by atoms with E-state index in [1.165, 1.54) is 5.56 Å². The van der Waals surface area contributed by atoms with Crippen LogP contribution in [0.5, 0.6) is 11.5 Å². The fourth-order valence-corrected chi connectivity index (χ4v) is 2.25. The van der Waals surface area contributed by atoms with E-state index in [0.717, 1.165) is 23.5 Å². The quantitative estimate of drug-likeness (QED) is 0.838. The van der Waals surface area contributed by atoms with Crippen LogP contribution in [-0.4, -0.2) is 0 Å². The van der Waals surface area contributed by atoms with E-state index in [2.05, 4.69) is 39.8 Å². The summed E-state index contributed by atoms with van der Waals surface area (Å²) in [4.78, 5) is 0. The van der Waals surface area contributed by atoms with Crippen molar-refractivity contribution in [2.45, 2.75) is 45.6 Å². The summed E-state index contributed by atoms with van der Waals surface area (Å²) in [5, 5.41) is 0. The van der Waals surface area contributed by atoms with Gasteiger partial charge in [0.15, 0.2) is 0 Å². The molecule has 2 aromatic rings. The minimum Gasteiger partial charge on any atom is -0.457 e. The number of ether oxygens (including phenoxy) is 1. The Morgan fingerprint density at radius 1 is 1.05 bits per heavy atom. The summed E-state index contributed by atoms with van der Waals surface area (Å²) in [6.07, 6.45) is 0.891. The predicted molar refractivity (Wildman–Crippen MR) is 88.9 cm³/mol. The molecule has 2 heteroatoms. The van der Waals surface area contributed by atoms with Crippen molar-refractivity contribution in [2.75, 3.05) is 0 Å². The minimum atomic E-state index is 0.00648. The van der Waals surface area contributed by atoms with E-state index in [-0.39, 0.29) is 11.5 Å². The predicted octanol–water partition coefficient (Wildman–Crippen LogP) is 5.19. The van der Waals surface area contributed by atoms with Crippen molar-refractivity contribution in [3.63, 3.8) is 0 Å². The third-order valence-electron chi connectivity index (χ3n) is 3.69. The molecule has 2 aromatic carbocycles. The fourth-order valence-electron chi connectivity index (χ4n) is 2.25. The van der Waals surface area contributed by atoms with Gasteiger partial charge < -0.3 is 10.5 Å². The molecule has 0 spiro atoms. The number of rotatable bonds is 4. The highest BCUT2D eigenvalue weighted by Gasteiger charge is 2.15. The molecule has 0 aliphatic rings. The highest BCUT2D eigenvalue weighted by atomic mass is 16.5. The molecule has 0 amide bonds. The Morgan fingerprint density at radius 3 is 2.43 bits per heavy atom. The first-order chi connectivity index (χ1) is 9.91. The Morgan fingerprint density at radius 2 is 1.76 bits per heavy atom. The van der Waals surface area contributed by atoms with E-state index in [1.54, 1.807) is 0 Å². The average Bonchev–Trinajstić information content (AvgIpc) is 2.46. The normalized spacial score (nSPS) is 13.0. The van der Waals surface area contributed by atoms with Crippen molar-refractivity contribution < 1.29 is 4.74 Å². The van der Waals surface area contributed by atoms with Crippen molar-refractivity contribution in [2.24, 2.45) is 5.73 Å². The molecule has 0 saturated heterocycles. The SMILES string of the molecule is CCC(N)c1ccccc1Oc1cccc(C(C)(C)C)c1. The van der Waals surface area contributed by atoms with Crippen LogP contribution in [0.2, 0.25) is 0 Å². The van der Waals surface area contributed by atoms with Gasteiger partial charge in [-0.05, 0) is 35.6 Å². The first kappa shape index (κ1) is 15.6. The standard InChI is InChI=1S/C19H25NO/c1-5-17(20)16-11-6-7-12-18(16)21-15-10-8-9-14(13-15)19(2,3)4/h6-13,17H,5,20H2,1-4H3. The molecular formula is C19H25NO. The Kier molecular flexibility index (Phi) is 4.69. The summed E-state index contributed by atoms with van der Waals surface area (Å²) in [6.45, 7) is 8.69. The first-order valence-corrected chi connectivity index (χ1v) is 7.54. The third kappa shape index (κ3) is 3.85. The van der Waals surface area contributed by atoms with E-state index in [4.69, 9.17) is 10.5 Å². The summed E-state index contributed by atoms with van der Waals surface area (Å²) < 4.78 is 6.09. The molecule has 21 heavy (non-hydrogen) atoms. The summed E-state index contributed by atoms with van der Waals surface area (Å²) in [5.74, 6) is 1.70. The molecule has 0 radical (unpaired) electrons. The maximum absolute atomic E-state index is 6.17. The zero-order valence-electron chi connectivity index (χ0n) is 13.4.